The predicted octanol–water partition coefficient (Wildman–Crippen LogP) is 4.72. The highest BCUT2D eigenvalue weighted by atomic mass is 35.5. The molecule has 0 bridgehead atoms. The monoisotopic (exact) mass is 818 g/mol. The number of hydrogen-bond acceptors (Lipinski definition) is 11. The molecule has 8 heterocycles. The molecule has 0 saturated carbocycles. The van der Waals surface area contributed by atoms with Crippen molar-refractivity contribution in [2.75, 3.05) is 36.0 Å². The van der Waals surface area contributed by atoms with Crippen LogP contribution in [-0.4, -0.2) is 97.7 Å². The van der Waals surface area contributed by atoms with Gasteiger partial charge < -0.3 is 29.7 Å². The first-order valence-electron chi connectivity index (χ1n) is 18.6. The minimum absolute atomic E-state index is 0.0164. The molecule has 2 aromatic carbocycles. The first-order chi connectivity index (χ1) is 28.7. The van der Waals surface area contributed by atoms with E-state index in [1.165, 1.54) is 58.4 Å². The second-order valence-corrected chi connectivity index (χ2v) is 14.1. The Morgan fingerprint density at radius 3 is 1.68 bits per heavy atom. The van der Waals surface area contributed by atoms with Gasteiger partial charge in [0.15, 0.2) is 11.6 Å². The van der Waals surface area contributed by atoms with Crippen LogP contribution in [0.1, 0.15) is 34.1 Å². The van der Waals surface area contributed by atoms with Gasteiger partial charge in [-0.3, -0.25) is 9.59 Å². The maximum Gasteiger partial charge on any atom is 0.291 e. The van der Waals surface area contributed by atoms with Crippen LogP contribution in [0.15, 0.2) is 123 Å². The summed E-state index contributed by atoms with van der Waals surface area (Å²) in [5.41, 5.74) is 9.35. The molecule has 6 aromatic heterocycles. The number of aromatic nitrogens is 10. The van der Waals surface area contributed by atoms with Crippen LogP contribution in [0.2, 0.25) is 0 Å². The maximum atomic E-state index is 13.1. The molecule has 2 aliphatic rings. The van der Waals surface area contributed by atoms with E-state index < -0.39 is 5.24 Å². The third-order valence-electron chi connectivity index (χ3n) is 9.76. The minimum Gasteiger partial charge on any atom is -0.353 e. The SMILES string of the molecule is N[C@H]1CCN(c2nccn3cccc23)C1.O=C(Cl)c1ncn(-c2ccc(F)cc2)n1.O=C(N[C@H]1CCN(c2nccn3cccc23)C1)c1ncn(-c2ccc(F)cc2)n1. The molecule has 16 nitrogen and oxygen atoms in total. The fourth-order valence-electron chi connectivity index (χ4n) is 6.85. The number of amides is 1. The van der Waals surface area contributed by atoms with Crippen LogP contribution in [0.25, 0.3) is 22.4 Å². The third-order valence-corrected chi connectivity index (χ3v) is 9.93. The highest BCUT2D eigenvalue weighted by molar-refractivity contribution is 6.67. The fourth-order valence-corrected chi connectivity index (χ4v) is 6.94. The van der Waals surface area contributed by atoms with Gasteiger partial charge in [-0.15, -0.1) is 10.2 Å². The van der Waals surface area contributed by atoms with Gasteiger partial charge in [0.25, 0.3) is 11.1 Å². The molecule has 3 N–H and O–H groups in total. The van der Waals surface area contributed by atoms with E-state index in [2.05, 4.69) is 55.7 Å². The number of rotatable bonds is 7. The Bertz CT molecular complexity index is 2690. The highest BCUT2D eigenvalue weighted by Crippen LogP contribution is 2.24. The molecule has 300 valence electrons. The van der Waals surface area contributed by atoms with Crippen molar-refractivity contribution in [3.63, 3.8) is 0 Å². The molecule has 8 aromatic rings. The van der Waals surface area contributed by atoms with E-state index in [-0.39, 0.29) is 35.2 Å². The van der Waals surface area contributed by atoms with Gasteiger partial charge in [0.05, 0.1) is 22.4 Å². The molecule has 1 amide bonds. The minimum atomic E-state index is -0.726. The summed E-state index contributed by atoms with van der Waals surface area (Å²) in [4.78, 5) is 44.4. The number of benzene rings is 2. The van der Waals surface area contributed by atoms with Crippen molar-refractivity contribution in [1.82, 2.24) is 53.6 Å². The lowest BCUT2D eigenvalue weighted by molar-refractivity contribution is 0.0929. The largest absolute Gasteiger partial charge is 0.353 e. The Balaban J connectivity index is 0.000000136. The van der Waals surface area contributed by atoms with Gasteiger partial charge in [0.2, 0.25) is 11.6 Å². The van der Waals surface area contributed by atoms with E-state index in [9.17, 15) is 18.4 Å². The average Bonchev–Trinajstić information content (AvgIpc) is 4.10. The molecule has 0 spiro atoms. The predicted molar refractivity (Wildman–Crippen MR) is 216 cm³/mol. The third kappa shape index (κ3) is 8.93. The molecular formula is C40H37ClF2N14O2. The number of nitrogens with two attached hydrogens (primary N) is 1. The van der Waals surface area contributed by atoms with E-state index in [0.717, 1.165) is 55.1 Å². The molecule has 0 radical (unpaired) electrons. The molecule has 19 heteroatoms. The number of halogens is 3. The summed E-state index contributed by atoms with van der Waals surface area (Å²) in [6.45, 7) is 3.40. The standard InChI is InChI=1S/C20H18FN7O.C11H14N4.C9H5ClFN3O/c21-14-3-5-16(6-4-14)28-13-23-18(25-28)20(29)24-15-7-10-27(12-15)19-17-2-1-9-26(17)11-8-22-19;12-9-3-6-15(8-9)11-10-2-1-5-14(10)7-4-13-11;10-8(15)9-12-5-14(13-9)7-3-1-6(11)2-4-7/h1-6,8-9,11,13,15H,7,10,12H2,(H,24,29);1-2,4-5,7,9H,3,6,8,12H2;1-5H/t15-;9-;/m00./s1. The lowest BCUT2D eigenvalue weighted by atomic mass is 10.2. The fraction of sp³-hybridized carbons (Fsp3) is 0.200. The van der Waals surface area contributed by atoms with Gasteiger partial charge in [0.1, 0.15) is 24.3 Å². The zero-order chi connectivity index (χ0) is 40.9. The number of anilines is 2. The molecule has 2 aliphatic heterocycles. The Morgan fingerprint density at radius 2 is 1.17 bits per heavy atom. The first-order valence-corrected chi connectivity index (χ1v) is 19.0. The quantitative estimate of drug-likeness (QED) is 0.213. The second-order valence-electron chi connectivity index (χ2n) is 13.8. The summed E-state index contributed by atoms with van der Waals surface area (Å²) in [6, 6.07) is 19.9. The van der Waals surface area contributed by atoms with Gasteiger partial charge in [-0.1, -0.05) is 0 Å². The summed E-state index contributed by atoms with van der Waals surface area (Å²) in [5.74, 6) is 0.964. The van der Waals surface area contributed by atoms with Crippen molar-refractivity contribution in [2.45, 2.75) is 24.9 Å². The van der Waals surface area contributed by atoms with Crippen molar-refractivity contribution in [1.29, 1.82) is 0 Å². The van der Waals surface area contributed by atoms with E-state index in [4.69, 9.17) is 17.3 Å². The highest BCUT2D eigenvalue weighted by Gasteiger charge is 2.27. The number of hydrogen-bond donors (Lipinski definition) is 2. The van der Waals surface area contributed by atoms with Crippen molar-refractivity contribution >= 4 is 45.4 Å². The van der Waals surface area contributed by atoms with E-state index >= 15 is 0 Å². The Morgan fingerprint density at radius 1 is 0.661 bits per heavy atom. The van der Waals surface area contributed by atoms with Crippen molar-refractivity contribution < 1.29 is 18.4 Å². The number of nitrogens with one attached hydrogen (secondary N) is 1. The number of nitrogens with zero attached hydrogens (tertiary/aromatic N) is 12. The van der Waals surface area contributed by atoms with Crippen molar-refractivity contribution in [2.24, 2.45) is 5.73 Å². The maximum absolute atomic E-state index is 13.1. The lowest BCUT2D eigenvalue weighted by Gasteiger charge is -2.18. The van der Waals surface area contributed by atoms with Crippen LogP contribution in [0, 0.1) is 11.6 Å². The molecule has 2 saturated heterocycles. The van der Waals surface area contributed by atoms with Crippen LogP contribution in [0.4, 0.5) is 20.4 Å². The Labute approximate surface area is 340 Å². The summed E-state index contributed by atoms with van der Waals surface area (Å²) in [7, 11) is 0. The zero-order valence-electron chi connectivity index (χ0n) is 31.3. The number of carbonyl (C=O) groups excluding carboxylic acids is 2. The number of carbonyl (C=O) groups is 2. The van der Waals surface area contributed by atoms with Crippen LogP contribution >= 0.6 is 11.6 Å². The Kier molecular flexibility index (Phi) is 11.3. The van der Waals surface area contributed by atoms with E-state index in [0.29, 0.717) is 24.0 Å². The van der Waals surface area contributed by atoms with Gasteiger partial charge in [-0.25, -0.2) is 38.1 Å². The molecule has 59 heavy (non-hydrogen) atoms. The first kappa shape index (κ1) is 38.8. The molecule has 2 atom stereocenters. The van der Waals surface area contributed by atoms with E-state index in [1.807, 2.05) is 53.6 Å². The van der Waals surface area contributed by atoms with Gasteiger partial charge in [-0.05, 0) is 97.2 Å². The zero-order valence-corrected chi connectivity index (χ0v) is 32.1. The molecule has 0 aliphatic carbocycles. The Hall–Kier alpha value is -7.05. The topological polar surface area (TPSA) is 175 Å². The van der Waals surface area contributed by atoms with Gasteiger partial charge >= 0.3 is 0 Å². The lowest BCUT2D eigenvalue weighted by Crippen LogP contribution is -2.37. The van der Waals surface area contributed by atoms with Crippen molar-refractivity contribution in [3.8, 4) is 11.4 Å². The van der Waals surface area contributed by atoms with Crippen molar-refractivity contribution in [3.05, 3.63) is 146 Å². The molecule has 2 fully saturated rings. The van der Waals surface area contributed by atoms with Crippen LogP contribution in [0.5, 0.6) is 0 Å². The normalized spacial score (nSPS) is 16.1. The smallest absolute Gasteiger partial charge is 0.291 e. The average molecular weight is 819 g/mol. The summed E-state index contributed by atoms with van der Waals surface area (Å²) >= 11 is 5.19. The van der Waals surface area contributed by atoms with Crippen LogP contribution in [-0.2, 0) is 0 Å². The summed E-state index contributed by atoms with van der Waals surface area (Å²) in [5, 5.41) is 10.3. The molecule has 0 unspecified atom stereocenters. The second kappa shape index (κ2) is 17.2. The van der Waals surface area contributed by atoms with Gasteiger partial charge in [-0.2, -0.15) is 0 Å². The van der Waals surface area contributed by atoms with Crippen LogP contribution < -0.4 is 20.9 Å². The van der Waals surface area contributed by atoms with Crippen LogP contribution in [0.3, 0.4) is 0 Å². The summed E-state index contributed by atoms with van der Waals surface area (Å²) in [6.07, 6.45) is 16.2. The molecular weight excluding hydrogens is 782 g/mol. The molecule has 10 rings (SSSR count). The summed E-state index contributed by atoms with van der Waals surface area (Å²) < 4.78 is 32.6. The van der Waals surface area contributed by atoms with Gasteiger partial charge in [0, 0.05) is 75.4 Å². The van der Waals surface area contributed by atoms with E-state index in [1.54, 1.807) is 18.3 Å². The number of fused-ring (bicyclic) bond motifs is 2.